The maximum Gasteiger partial charge on any atom is 0.230 e. The molecule has 0 bridgehead atoms. The second kappa shape index (κ2) is 9.69. The third kappa shape index (κ3) is 5.97. The maximum atomic E-state index is 12.2. The summed E-state index contributed by atoms with van der Waals surface area (Å²) in [6, 6.07) is 16.8. The molecule has 0 aliphatic carbocycles. The SMILES string of the molecule is Cc1ccc(-n2c(SCC(=O)NCC(C)C)nnc2-c2ccc(C(C)(C)C)cc2)cc1. The zero-order valence-corrected chi connectivity index (χ0v) is 20.1. The highest BCUT2D eigenvalue weighted by atomic mass is 32.2. The summed E-state index contributed by atoms with van der Waals surface area (Å²) in [5.41, 5.74) is 4.53. The zero-order chi connectivity index (χ0) is 22.6. The molecule has 6 heteroatoms. The van der Waals surface area contributed by atoms with Crippen molar-refractivity contribution in [3.8, 4) is 17.1 Å². The molecule has 0 aliphatic rings. The highest BCUT2D eigenvalue weighted by Crippen LogP contribution is 2.30. The van der Waals surface area contributed by atoms with Gasteiger partial charge in [0, 0.05) is 17.8 Å². The molecule has 0 spiro atoms. The van der Waals surface area contributed by atoms with E-state index in [0.717, 1.165) is 17.1 Å². The monoisotopic (exact) mass is 436 g/mol. The number of aromatic nitrogens is 3. The highest BCUT2D eigenvalue weighted by molar-refractivity contribution is 7.99. The standard InChI is InChI=1S/C25H32N4OS/c1-17(2)15-26-22(30)16-31-24-28-27-23(29(24)21-13-7-18(3)8-14-21)19-9-11-20(12-10-19)25(4,5)6/h7-14,17H,15-16H2,1-6H3,(H,26,30). The lowest BCUT2D eigenvalue weighted by Gasteiger charge is -2.19. The normalized spacial score (nSPS) is 11.7. The molecule has 2 aromatic carbocycles. The van der Waals surface area contributed by atoms with Gasteiger partial charge < -0.3 is 5.32 Å². The molecule has 0 saturated carbocycles. The molecule has 0 radical (unpaired) electrons. The van der Waals surface area contributed by atoms with Crippen LogP contribution in [0.4, 0.5) is 0 Å². The molecule has 31 heavy (non-hydrogen) atoms. The van der Waals surface area contributed by atoms with Crippen LogP contribution >= 0.6 is 11.8 Å². The third-order valence-corrected chi connectivity index (χ3v) is 5.90. The van der Waals surface area contributed by atoms with Gasteiger partial charge in [-0.1, -0.05) is 88.3 Å². The number of hydrogen-bond donors (Lipinski definition) is 1. The van der Waals surface area contributed by atoms with Gasteiger partial charge in [-0.2, -0.15) is 0 Å². The smallest absolute Gasteiger partial charge is 0.230 e. The number of carbonyl (C=O) groups is 1. The summed E-state index contributed by atoms with van der Waals surface area (Å²) >= 11 is 1.41. The number of benzene rings is 2. The Morgan fingerprint density at radius 2 is 1.68 bits per heavy atom. The quantitative estimate of drug-likeness (QED) is 0.504. The van der Waals surface area contributed by atoms with Crippen LogP contribution in [0.15, 0.2) is 53.7 Å². The van der Waals surface area contributed by atoms with Crippen molar-refractivity contribution in [2.45, 2.75) is 52.1 Å². The second-order valence-corrected chi connectivity index (χ2v) is 10.2. The van der Waals surface area contributed by atoms with Gasteiger partial charge in [0.1, 0.15) is 0 Å². The van der Waals surface area contributed by atoms with E-state index in [-0.39, 0.29) is 11.3 Å². The Bertz CT molecular complexity index is 1020. The number of thioether (sulfide) groups is 1. The number of nitrogens with zero attached hydrogens (tertiary/aromatic N) is 3. The molecule has 164 valence electrons. The first-order valence-corrected chi connectivity index (χ1v) is 11.7. The van der Waals surface area contributed by atoms with Crippen molar-refractivity contribution >= 4 is 17.7 Å². The minimum absolute atomic E-state index is 0.00763. The van der Waals surface area contributed by atoms with Crippen molar-refractivity contribution in [1.82, 2.24) is 20.1 Å². The molecule has 1 amide bonds. The van der Waals surface area contributed by atoms with E-state index in [9.17, 15) is 4.79 Å². The molecule has 1 N–H and O–H groups in total. The number of rotatable bonds is 7. The molecule has 0 aliphatic heterocycles. The van der Waals surface area contributed by atoms with Gasteiger partial charge in [-0.05, 0) is 36.0 Å². The summed E-state index contributed by atoms with van der Waals surface area (Å²) in [5, 5.41) is 12.6. The summed E-state index contributed by atoms with van der Waals surface area (Å²) in [4.78, 5) is 12.2. The van der Waals surface area contributed by atoms with Crippen LogP contribution in [0.1, 0.15) is 45.7 Å². The van der Waals surface area contributed by atoms with E-state index in [1.807, 2.05) is 4.57 Å². The van der Waals surface area contributed by atoms with Crippen molar-refractivity contribution < 1.29 is 4.79 Å². The van der Waals surface area contributed by atoms with Crippen molar-refractivity contribution in [2.75, 3.05) is 12.3 Å². The molecule has 1 heterocycles. The van der Waals surface area contributed by atoms with E-state index < -0.39 is 0 Å². The van der Waals surface area contributed by atoms with Crippen LogP contribution in [0, 0.1) is 12.8 Å². The highest BCUT2D eigenvalue weighted by Gasteiger charge is 2.19. The number of amides is 1. The van der Waals surface area contributed by atoms with Crippen molar-refractivity contribution in [2.24, 2.45) is 5.92 Å². The number of aryl methyl sites for hydroxylation is 1. The Balaban J connectivity index is 1.93. The average Bonchev–Trinajstić information content (AvgIpc) is 3.14. The van der Waals surface area contributed by atoms with Crippen LogP contribution in [0.5, 0.6) is 0 Å². The van der Waals surface area contributed by atoms with Gasteiger partial charge in [-0.15, -0.1) is 10.2 Å². The Labute approximate surface area is 189 Å². The summed E-state index contributed by atoms with van der Waals surface area (Å²) in [6.07, 6.45) is 0. The van der Waals surface area contributed by atoms with Gasteiger partial charge in [0.2, 0.25) is 5.91 Å². The Hall–Kier alpha value is -2.60. The average molecular weight is 437 g/mol. The summed E-state index contributed by atoms with van der Waals surface area (Å²) in [7, 11) is 0. The molecular weight excluding hydrogens is 404 g/mol. The van der Waals surface area contributed by atoms with Crippen LogP contribution in [0.3, 0.4) is 0 Å². The van der Waals surface area contributed by atoms with Crippen LogP contribution in [0.2, 0.25) is 0 Å². The predicted molar refractivity (Wildman–Crippen MR) is 129 cm³/mol. The predicted octanol–water partition coefficient (Wildman–Crippen LogP) is 5.40. The van der Waals surface area contributed by atoms with Crippen molar-refractivity contribution in [3.05, 3.63) is 59.7 Å². The fourth-order valence-electron chi connectivity index (χ4n) is 3.10. The fourth-order valence-corrected chi connectivity index (χ4v) is 3.88. The van der Waals surface area contributed by atoms with Gasteiger partial charge in [-0.3, -0.25) is 9.36 Å². The molecule has 1 aromatic heterocycles. The lowest BCUT2D eigenvalue weighted by molar-refractivity contribution is -0.118. The van der Waals surface area contributed by atoms with E-state index in [1.165, 1.54) is 22.9 Å². The van der Waals surface area contributed by atoms with Crippen LogP contribution < -0.4 is 5.32 Å². The number of carbonyl (C=O) groups excluding carboxylic acids is 1. The topological polar surface area (TPSA) is 59.8 Å². The van der Waals surface area contributed by atoms with Gasteiger partial charge in [0.05, 0.1) is 5.75 Å². The van der Waals surface area contributed by atoms with Gasteiger partial charge >= 0.3 is 0 Å². The first-order chi connectivity index (χ1) is 14.6. The lowest BCUT2D eigenvalue weighted by Crippen LogP contribution is -2.28. The van der Waals surface area contributed by atoms with E-state index in [1.54, 1.807) is 0 Å². The molecule has 0 atom stereocenters. The molecular formula is C25H32N4OS. The van der Waals surface area contributed by atoms with Crippen molar-refractivity contribution in [1.29, 1.82) is 0 Å². The summed E-state index contributed by atoms with van der Waals surface area (Å²) in [6.45, 7) is 13.5. The Morgan fingerprint density at radius 3 is 2.26 bits per heavy atom. The molecule has 3 aromatic rings. The van der Waals surface area contributed by atoms with Gasteiger partial charge in [-0.25, -0.2) is 0 Å². The fraction of sp³-hybridized carbons (Fsp3) is 0.400. The van der Waals surface area contributed by atoms with E-state index in [0.29, 0.717) is 23.4 Å². The van der Waals surface area contributed by atoms with Crippen LogP contribution in [-0.2, 0) is 10.2 Å². The van der Waals surface area contributed by atoms with Crippen LogP contribution in [-0.4, -0.2) is 33.0 Å². The number of hydrogen-bond acceptors (Lipinski definition) is 4. The van der Waals surface area contributed by atoms with Crippen molar-refractivity contribution in [3.63, 3.8) is 0 Å². The summed E-state index contributed by atoms with van der Waals surface area (Å²) < 4.78 is 2.03. The molecule has 3 rings (SSSR count). The maximum absolute atomic E-state index is 12.2. The summed E-state index contributed by atoms with van der Waals surface area (Å²) in [5.74, 6) is 1.51. The van der Waals surface area contributed by atoms with Crippen LogP contribution in [0.25, 0.3) is 17.1 Å². The minimum Gasteiger partial charge on any atom is -0.355 e. The van der Waals surface area contributed by atoms with Gasteiger partial charge in [0.25, 0.3) is 0 Å². The van der Waals surface area contributed by atoms with Gasteiger partial charge in [0.15, 0.2) is 11.0 Å². The molecule has 0 saturated heterocycles. The van der Waals surface area contributed by atoms with E-state index >= 15 is 0 Å². The minimum atomic E-state index is 0.00763. The second-order valence-electron chi connectivity index (χ2n) is 9.29. The Kier molecular flexibility index (Phi) is 7.21. The largest absolute Gasteiger partial charge is 0.355 e. The zero-order valence-electron chi connectivity index (χ0n) is 19.3. The lowest BCUT2D eigenvalue weighted by atomic mass is 9.87. The van der Waals surface area contributed by atoms with E-state index in [4.69, 9.17) is 0 Å². The van der Waals surface area contributed by atoms with E-state index in [2.05, 4.69) is 106 Å². The number of nitrogens with one attached hydrogen (secondary N) is 1. The third-order valence-electron chi connectivity index (χ3n) is 4.97. The first-order valence-electron chi connectivity index (χ1n) is 10.7. The molecule has 5 nitrogen and oxygen atoms in total. The molecule has 0 fully saturated rings. The first kappa shape index (κ1) is 23.1. The Morgan fingerprint density at radius 1 is 1.03 bits per heavy atom. The molecule has 0 unspecified atom stereocenters.